The second-order valence-electron chi connectivity index (χ2n) is 4.25. The number of amides is 1. The van der Waals surface area contributed by atoms with Crippen LogP contribution in [0.25, 0.3) is 0 Å². The second kappa shape index (κ2) is 5.65. The van der Waals surface area contributed by atoms with Crippen LogP contribution in [0.5, 0.6) is 0 Å². The van der Waals surface area contributed by atoms with Gasteiger partial charge >= 0.3 is 0 Å². The van der Waals surface area contributed by atoms with Crippen molar-refractivity contribution in [2.24, 2.45) is 18.7 Å². The van der Waals surface area contributed by atoms with Crippen molar-refractivity contribution >= 4 is 5.91 Å². The first-order valence-corrected chi connectivity index (χ1v) is 5.44. The smallest absolute Gasteiger partial charge is 0.223 e. The number of imidazole rings is 1. The molecule has 90 valence electrons. The van der Waals surface area contributed by atoms with Crippen molar-refractivity contribution in [2.45, 2.75) is 19.9 Å². The predicted molar refractivity (Wildman–Crippen MR) is 62.5 cm³/mol. The fourth-order valence-electron chi connectivity index (χ4n) is 1.39. The highest BCUT2D eigenvalue weighted by atomic mass is 16.2. The van der Waals surface area contributed by atoms with E-state index in [2.05, 4.69) is 4.98 Å². The molecule has 0 saturated carbocycles. The standard InChI is InChI=1S/C11H20N4O/c1-9(7-12)6-11(16)15(3)8-10-13-4-5-14(10)2/h4-5,9H,6-8,12H2,1-3H3. The molecule has 0 radical (unpaired) electrons. The fraction of sp³-hybridized carbons (Fsp3) is 0.636. The minimum atomic E-state index is 0.112. The monoisotopic (exact) mass is 224 g/mol. The molecule has 0 spiro atoms. The van der Waals surface area contributed by atoms with Crippen molar-refractivity contribution in [2.75, 3.05) is 13.6 Å². The lowest BCUT2D eigenvalue weighted by Crippen LogP contribution is -2.30. The molecule has 0 aliphatic carbocycles. The predicted octanol–water partition coefficient (Wildman–Crippen LogP) is 0.363. The van der Waals surface area contributed by atoms with Crippen molar-refractivity contribution in [1.29, 1.82) is 0 Å². The summed E-state index contributed by atoms with van der Waals surface area (Å²) >= 11 is 0. The van der Waals surface area contributed by atoms with Gasteiger partial charge in [0.15, 0.2) is 0 Å². The maximum Gasteiger partial charge on any atom is 0.223 e. The van der Waals surface area contributed by atoms with Crippen LogP contribution >= 0.6 is 0 Å². The lowest BCUT2D eigenvalue weighted by molar-refractivity contribution is -0.131. The molecule has 0 fully saturated rings. The summed E-state index contributed by atoms with van der Waals surface area (Å²) < 4.78 is 1.91. The minimum absolute atomic E-state index is 0.112. The maximum atomic E-state index is 11.8. The van der Waals surface area contributed by atoms with Gasteiger partial charge in [0.25, 0.3) is 0 Å². The molecular formula is C11H20N4O. The third-order valence-electron chi connectivity index (χ3n) is 2.65. The SMILES string of the molecule is CC(CN)CC(=O)N(C)Cc1nccn1C. The van der Waals surface area contributed by atoms with Gasteiger partial charge in [-0.15, -0.1) is 0 Å². The van der Waals surface area contributed by atoms with Crippen LogP contribution in [0, 0.1) is 5.92 Å². The van der Waals surface area contributed by atoms with Gasteiger partial charge in [0.1, 0.15) is 5.82 Å². The van der Waals surface area contributed by atoms with Crippen molar-refractivity contribution in [1.82, 2.24) is 14.5 Å². The van der Waals surface area contributed by atoms with E-state index in [1.807, 2.05) is 24.7 Å². The van der Waals surface area contributed by atoms with E-state index in [9.17, 15) is 4.79 Å². The van der Waals surface area contributed by atoms with Crippen molar-refractivity contribution < 1.29 is 4.79 Å². The Morgan fingerprint density at radius 1 is 1.69 bits per heavy atom. The first kappa shape index (κ1) is 12.7. The van der Waals surface area contributed by atoms with E-state index < -0.39 is 0 Å². The molecule has 2 N–H and O–H groups in total. The third kappa shape index (κ3) is 3.34. The average Bonchev–Trinajstić information content (AvgIpc) is 2.64. The Hall–Kier alpha value is -1.36. The van der Waals surface area contributed by atoms with Gasteiger partial charge in [-0.1, -0.05) is 6.92 Å². The van der Waals surface area contributed by atoms with Gasteiger partial charge in [0, 0.05) is 32.9 Å². The topological polar surface area (TPSA) is 64.2 Å². The summed E-state index contributed by atoms with van der Waals surface area (Å²) in [5.41, 5.74) is 5.49. The van der Waals surface area contributed by atoms with Crippen LogP contribution in [0.4, 0.5) is 0 Å². The van der Waals surface area contributed by atoms with Crippen LogP contribution in [0.2, 0.25) is 0 Å². The molecule has 5 heteroatoms. The van der Waals surface area contributed by atoms with Crippen molar-refractivity contribution in [3.63, 3.8) is 0 Å². The Morgan fingerprint density at radius 3 is 2.88 bits per heavy atom. The quantitative estimate of drug-likeness (QED) is 0.785. The van der Waals surface area contributed by atoms with Crippen LogP contribution in [-0.4, -0.2) is 34.0 Å². The van der Waals surface area contributed by atoms with E-state index in [0.717, 1.165) is 5.82 Å². The van der Waals surface area contributed by atoms with Gasteiger partial charge in [0.05, 0.1) is 6.54 Å². The van der Waals surface area contributed by atoms with Gasteiger partial charge in [-0.25, -0.2) is 4.98 Å². The Kier molecular flexibility index (Phi) is 4.49. The molecule has 1 aromatic heterocycles. The normalized spacial score (nSPS) is 12.5. The van der Waals surface area contributed by atoms with Crippen molar-refractivity contribution in [3.05, 3.63) is 18.2 Å². The van der Waals surface area contributed by atoms with Crippen LogP contribution in [-0.2, 0) is 18.4 Å². The van der Waals surface area contributed by atoms with E-state index in [1.54, 1.807) is 18.1 Å². The number of hydrogen-bond donors (Lipinski definition) is 1. The molecule has 16 heavy (non-hydrogen) atoms. The molecule has 0 aromatic carbocycles. The van der Waals surface area contributed by atoms with Crippen LogP contribution in [0.15, 0.2) is 12.4 Å². The van der Waals surface area contributed by atoms with Gasteiger partial charge < -0.3 is 15.2 Å². The van der Waals surface area contributed by atoms with Crippen molar-refractivity contribution in [3.8, 4) is 0 Å². The molecule has 0 aliphatic rings. The summed E-state index contributed by atoms with van der Waals surface area (Å²) in [4.78, 5) is 17.7. The van der Waals surface area contributed by atoms with Crippen LogP contribution < -0.4 is 5.73 Å². The van der Waals surface area contributed by atoms with Crippen LogP contribution in [0.1, 0.15) is 19.2 Å². The van der Waals surface area contributed by atoms with Crippen LogP contribution in [0.3, 0.4) is 0 Å². The maximum absolute atomic E-state index is 11.8. The average molecular weight is 224 g/mol. The molecule has 0 saturated heterocycles. The zero-order chi connectivity index (χ0) is 12.1. The molecule has 1 aromatic rings. The summed E-state index contributed by atoms with van der Waals surface area (Å²) in [6.07, 6.45) is 4.10. The summed E-state index contributed by atoms with van der Waals surface area (Å²) in [6.45, 7) is 3.06. The Labute approximate surface area is 96.3 Å². The zero-order valence-electron chi connectivity index (χ0n) is 10.2. The van der Waals surface area contributed by atoms with E-state index >= 15 is 0 Å². The molecule has 1 rings (SSSR count). The zero-order valence-corrected chi connectivity index (χ0v) is 10.2. The summed E-state index contributed by atoms with van der Waals surface area (Å²) in [6, 6.07) is 0. The largest absolute Gasteiger partial charge is 0.338 e. The molecule has 5 nitrogen and oxygen atoms in total. The molecule has 0 bridgehead atoms. The Balaban J connectivity index is 2.49. The number of hydrogen-bond acceptors (Lipinski definition) is 3. The lowest BCUT2D eigenvalue weighted by Gasteiger charge is -2.18. The number of carbonyl (C=O) groups excluding carboxylic acids is 1. The Bertz CT molecular complexity index is 348. The highest BCUT2D eigenvalue weighted by molar-refractivity contribution is 5.76. The first-order valence-electron chi connectivity index (χ1n) is 5.44. The van der Waals surface area contributed by atoms with Gasteiger partial charge in [0.2, 0.25) is 5.91 Å². The first-order chi connectivity index (χ1) is 7.54. The molecular weight excluding hydrogens is 204 g/mol. The fourth-order valence-corrected chi connectivity index (χ4v) is 1.39. The number of nitrogens with zero attached hydrogens (tertiary/aromatic N) is 3. The van der Waals surface area contributed by atoms with Gasteiger partial charge in [-0.2, -0.15) is 0 Å². The highest BCUT2D eigenvalue weighted by Crippen LogP contribution is 2.05. The number of aromatic nitrogens is 2. The molecule has 1 atom stereocenters. The van der Waals surface area contributed by atoms with Gasteiger partial charge in [-0.3, -0.25) is 4.79 Å². The molecule has 0 aliphatic heterocycles. The summed E-state index contributed by atoms with van der Waals surface area (Å²) in [5.74, 6) is 1.23. The summed E-state index contributed by atoms with van der Waals surface area (Å²) in [7, 11) is 3.71. The lowest BCUT2D eigenvalue weighted by atomic mass is 10.1. The van der Waals surface area contributed by atoms with E-state index in [4.69, 9.17) is 5.73 Å². The number of rotatable bonds is 5. The number of nitrogens with two attached hydrogens (primary N) is 1. The summed E-state index contributed by atoms with van der Waals surface area (Å²) in [5, 5.41) is 0. The molecule has 1 amide bonds. The number of aryl methyl sites for hydroxylation is 1. The van der Waals surface area contributed by atoms with Gasteiger partial charge in [-0.05, 0) is 12.5 Å². The second-order valence-corrected chi connectivity index (χ2v) is 4.25. The highest BCUT2D eigenvalue weighted by Gasteiger charge is 2.14. The van der Waals surface area contributed by atoms with E-state index in [-0.39, 0.29) is 11.8 Å². The molecule has 1 heterocycles. The van der Waals surface area contributed by atoms with E-state index in [0.29, 0.717) is 19.5 Å². The van der Waals surface area contributed by atoms with E-state index in [1.165, 1.54) is 0 Å². The Morgan fingerprint density at radius 2 is 2.38 bits per heavy atom. The third-order valence-corrected chi connectivity index (χ3v) is 2.65. The minimum Gasteiger partial charge on any atom is -0.338 e. The number of carbonyl (C=O) groups is 1. The molecule has 1 unspecified atom stereocenters.